The number of hydroxylamine groups is 2. The van der Waals surface area contributed by atoms with Crippen LogP contribution in [0.5, 0.6) is 0 Å². The standard InChI is InChI=1S/C20H30N6O3S/c1-3-5-12-10-14(24-20-16(12)17(21)18(30-20)19(22)28)25-8-6-13(7-9-25)23-11-15(27)26(29)4-2/h10,13,23,29H,3-9,11,21H2,1-2H3,(H2,22,28). The molecule has 0 radical (unpaired) electrons. The fourth-order valence-electron chi connectivity index (χ4n) is 3.81. The molecule has 164 valence electrons. The van der Waals surface area contributed by atoms with Crippen molar-refractivity contribution < 1.29 is 14.8 Å². The molecule has 30 heavy (non-hydrogen) atoms. The highest BCUT2D eigenvalue weighted by Crippen LogP contribution is 2.37. The summed E-state index contributed by atoms with van der Waals surface area (Å²) in [6.07, 6.45) is 3.54. The summed E-state index contributed by atoms with van der Waals surface area (Å²) in [5.74, 6) is 0.0347. The number of nitrogens with two attached hydrogens (primary N) is 2. The zero-order valence-electron chi connectivity index (χ0n) is 17.5. The number of primary amides is 1. The van der Waals surface area contributed by atoms with Crippen LogP contribution in [0.2, 0.25) is 0 Å². The van der Waals surface area contributed by atoms with Gasteiger partial charge in [0.2, 0.25) is 0 Å². The van der Waals surface area contributed by atoms with Crippen molar-refractivity contribution in [2.45, 2.75) is 45.6 Å². The molecule has 2 aromatic heterocycles. The fourth-order valence-corrected chi connectivity index (χ4v) is 4.80. The van der Waals surface area contributed by atoms with E-state index in [1.807, 2.05) is 0 Å². The van der Waals surface area contributed by atoms with Gasteiger partial charge in [0.05, 0.1) is 12.2 Å². The van der Waals surface area contributed by atoms with Gasteiger partial charge in [-0.2, -0.15) is 0 Å². The highest BCUT2D eigenvalue weighted by molar-refractivity contribution is 7.21. The van der Waals surface area contributed by atoms with E-state index in [2.05, 4.69) is 23.2 Å². The van der Waals surface area contributed by atoms with Gasteiger partial charge in [0, 0.05) is 31.1 Å². The second kappa shape index (κ2) is 9.59. The van der Waals surface area contributed by atoms with E-state index < -0.39 is 5.91 Å². The molecule has 3 heterocycles. The van der Waals surface area contributed by atoms with E-state index in [9.17, 15) is 14.8 Å². The van der Waals surface area contributed by atoms with Crippen LogP contribution < -0.4 is 21.7 Å². The predicted molar refractivity (Wildman–Crippen MR) is 119 cm³/mol. The van der Waals surface area contributed by atoms with Gasteiger partial charge in [0.1, 0.15) is 15.5 Å². The van der Waals surface area contributed by atoms with Crippen LogP contribution in [-0.4, -0.2) is 59.3 Å². The number of amides is 2. The van der Waals surface area contributed by atoms with Crippen LogP contribution in [0, 0.1) is 0 Å². The fraction of sp³-hybridized carbons (Fsp3) is 0.550. The van der Waals surface area contributed by atoms with E-state index in [0.29, 0.717) is 10.6 Å². The van der Waals surface area contributed by atoms with E-state index in [1.54, 1.807) is 6.92 Å². The largest absolute Gasteiger partial charge is 0.397 e. The molecule has 1 aliphatic rings. The number of fused-ring (bicyclic) bond motifs is 1. The van der Waals surface area contributed by atoms with Crippen molar-refractivity contribution in [3.63, 3.8) is 0 Å². The second-order valence-corrected chi connectivity index (χ2v) is 8.53. The van der Waals surface area contributed by atoms with Crippen LogP contribution in [0.1, 0.15) is 48.3 Å². The molecule has 0 unspecified atom stereocenters. The molecule has 0 aromatic carbocycles. The second-order valence-electron chi connectivity index (χ2n) is 7.53. The Balaban J connectivity index is 1.73. The number of likely N-dealkylation sites (N-methyl/N-ethyl adjacent to an activating group) is 1. The molecule has 10 heteroatoms. The number of anilines is 2. The smallest absolute Gasteiger partial charge is 0.260 e. The molecular formula is C20H30N6O3S. The number of thiophene rings is 1. The minimum Gasteiger partial charge on any atom is -0.397 e. The molecule has 0 spiro atoms. The molecule has 2 aromatic rings. The van der Waals surface area contributed by atoms with Gasteiger partial charge >= 0.3 is 0 Å². The Hall–Kier alpha value is -2.43. The minimum absolute atomic E-state index is 0.129. The van der Waals surface area contributed by atoms with Gasteiger partial charge in [-0.3, -0.25) is 14.8 Å². The summed E-state index contributed by atoms with van der Waals surface area (Å²) >= 11 is 1.25. The number of piperidine rings is 1. The van der Waals surface area contributed by atoms with Gasteiger partial charge in [0.25, 0.3) is 11.8 Å². The molecule has 9 nitrogen and oxygen atoms in total. The van der Waals surface area contributed by atoms with E-state index in [0.717, 1.165) is 65.4 Å². The number of nitrogens with zero attached hydrogens (tertiary/aromatic N) is 3. The van der Waals surface area contributed by atoms with Gasteiger partial charge in [0.15, 0.2) is 0 Å². The van der Waals surface area contributed by atoms with Crippen molar-refractivity contribution in [2.24, 2.45) is 5.73 Å². The Bertz CT molecular complexity index is 923. The summed E-state index contributed by atoms with van der Waals surface area (Å²) in [5, 5.41) is 14.2. The first-order chi connectivity index (χ1) is 14.3. The third kappa shape index (κ3) is 4.66. The first kappa shape index (κ1) is 22.3. The Labute approximate surface area is 180 Å². The van der Waals surface area contributed by atoms with Crippen LogP contribution in [0.3, 0.4) is 0 Å². The molecule has 1 aliphatic heterocycles. The Kier molecular flexibility index (Phi) is 7.11. The highest BCUT2D eigenvalue weighted by atomic mass is 32.1. The predicted octanol–water partition coefficient (Wildman–Crippen LogP) is 1.73. The van der Waals surface area contributed by atoms with E-state index in [4.69, 9.17) is 16.5 Å². The summed E-state index contributed by atoms with van der Waals surface area (Å²) in [5.41, 5.74) is 13.2. The highest BCUT2D eigenvalue weighted by Gasteiger charge is 2.24. The van der Waals surface area contributed by atoms with Crippen molar-refractivity contribution in [2.75, 3.05) is 36.8 Å². The van der Waals surface area contributed by atoms with E-state index in [-0.39, 0.29) is 25.0 Å². The normalized spacial score (nSPS) is 15.0. The molecule has 6 N–H and O–H groups in total. The minimum atomic E-state index is -0.523. The lowest BCUT2D eigenvalue weighted by molar-refractivity contribution is -0.163. The molecule has 0 bridgehead atoms. The number of aromatic nitrogens is 1. The van der Waals surface area contributed by atoms with Gasteiger partial charge in [-0.15, -0.1) is 11.3 Å². The third-order valence-electron chi connectivity index (χ3n) is 5.46. The summed E-state index contributed by atoms with van der Waals surface area (Å²) < 4.78 is 0. The Morgan fingerprint density at radius 3 is 2.67 bits per heavy atom. The van der Waals surface area contributed by atoms with Crippen molar-refractivity contribution in [3.05, 3.63) is 16.5 Å². The van der Waals surface area contributed by atoms with Crippen molar-refractivity contribution in [3.8, 4) is 0 Å². The third-order valence-corrected chi connectivity index (χ3v) is 6.57. The molecule has 1 saturated heterocycles. The number of pyridine rings is 1. The molecule has 0 saturated carbocycles. The summed E-state index contributed by atoms with van der Waals surface area (Å²) in [6, 6.07) is 2.29. The van der Waals surface area contributed by atoms with Crippen LogP contribution in [-0.2, 0) is 11.2 Å². The average molecular weight is 435 g/mol. The van der Waals surface area contributed by atoms with Crippen LogP contribution in [0.15, 0.2) is 6.07 Å². The van der Waals surface area contributed by atoms with Gasteiger partial charge in [-0.25, -0.2) is 10.0 Å². The first-order valence-corrected chi connectivity index (χ1v) is 11.2. The van der Waals surface area contributed by atoms with Crippen molar-refractivity contribution in [1.29, 1.82) is 0 Å². The van der Waals surface area contributed by atoms with Crippen LogP contribution >= 0.6 is 11.3 Å². The molecule has 3 rings (SSSR count). The zero-order chi connectivity index (χ0) is 21.8. The number of hydrogen-bond donors (Lipinski definition) is 4. The lowest BCUT2D eigenvalue weighted by atomic mass is 10.0. The lowest BCUT2D eigenvalue weighted by Crippen LogP contribution is -2.46. The maximum atomic E-state index is 11.8. The Morgan fingerprint density at radius 1 is 1.37 bits per heavy atom. The number of nitrogens with one attached hydrogen (secondary N) is 1. The summed E-state index contributed by atoms with van der Waals surface area (Å²) in [6.45, 7) is 5.84. The molecular weight excluding hydrogens is 404 g/mol. The number of hydrogen-bond acceptors (Lipinski definition) is 8. The number of rotatable bonds is 8. The van der Waals surface area contributed by atoms with Crippen molar-refractivity contribution >= 4 is 44.9 Å². The molecule has 0 atom stereocenters. The van der Waals surface area contributed by atoms with Crippen LogP contribution in [0.25, 0.3) is 10.2 Å². The maximum absolute atomic E-state index is 11.8. The van der Waals surface area contributed by atoms with Gasteiger partial charge < -0.3 is 21.7 Å². The average Bonchev–Trinajstić information content (AvgIpc) is 3.09. The summed E-state index contributed by atoms with van der Waals surface area (Å²) in [7, 11) is 0. The number of carbonyl (C=O) groups is 2. The van der Waals surface area contributed by atoms with E-state index >= 15 is 0 Å². The topological polar surface area (TPSA) is 138 Å². The monoisotopic (exact) mass is 434 g/mol. The number of carbonyl (C=O) groups excluding carboxylic acids is 2. The van der Waals surface area contributed by atoms with E-state index in [1.165, 1.54) is 11.3 Å². The van der Waals surface area contributed by atoms with Gasteiger partial charge in [-0.05, 0) is 37.8 Å². The first-order valence-electron chi connectivity index (χ1n) is 10.3. The maximum Gasteiger partial charge on any atom is 0.260 e. The lowest BCUT2D eigenvalue weighted by Gasteiger charge is -2.33. The molecule has 0 aliphatic carbocycles. The molecule has 2 amide bonds. The quantitative estimate of drug-likeness (QED) is 0.367. The molecule has 1 fully saturated rings. The van der Waals surface area contributed by atoms with Crippen molar-refractivity contribution in [1.82, 2.24) is 15.4 Å². The summed E-state index contributed by atoms with van der Waals surface area (Å²) in [4.78, 5) is 31.6. The van der Waals surface area contributed by atoms with Gasteiger partial charge in [-0.1, -0.05) is 13.3 Å². The number of nitrogen functional groups attached to an aromatic ring is 1. The zero-order valence-corrected chi connectivity index (χ0v) is 18.3. The van der Waals surface area contributed by atoms with Crippen LogP contribution in [0.4, 0.5) is 11.5 Å². The number of aryl methyl sites for hydroxylation is 1. The SMILES string of the molecule is CCCc1cc(N2CCC(NCC(=O)N(O)CC)CC2)nc2sc(C(N)=O)c(N)c12. The Morgan fingerprint density at radius 2 is 2.07 bits per heavy atom.